The molecule has 0 saturated heterocycles. The number of anilines is 1. The van der Waals surface area contributed by atoms with Gasteiger partial charge in [0.05, 0.1) is 27.6 Å². The van der Waals surface area contributed by atoms with E-state index >= 15 is 0 Å². The molecule has 1 fully saturated rings. The van der Waals surface area contributed by atoms with Gasteiger partial charge in [-0.25, -0.2) is 4.21 Å². The van der Waals surface area contributed by atoms with Gasteiger partial charge in [0.1, 0.15) is 5.75 Å². The second-order valence-corrected chi connectivity index (χ2v) is 17.5. The van der Waals surface area contributed by atoms with E-state index in [-0.39, 0.29) is 28.4 Å². The molecule has 1 unspecified atom stereocenters. The molecule has 0 radical (unpaired) electrons. The fraction of sp³-hybridized carbons (Fsp3) is 0.462. The Labute approximate surface area is 289 Å². The van der Waals surface area contributed by atoms with Gasteiger partial charge in [-0.15, -0.1) is 0 Å². The van der Waals surface area contributed by atoms with Crippen LogP contribution >= 0.6 is 11.6 Å². The molecule has 3 heterocycles. The lowest BCUT2D eigenvalue weighted by molar-refractivity contribution is -0.0452. The third-order valence-electron chi connectivity index (χ3n) is 11.6. The van der Waals surface area contributed by atoms with E-state index < -0.39 is 21.2 Å². The third-order valence-corrected chi connectivity index (χ3v) is 14.0. The Morgan fingerprint density at radius 3 is 2.79 bits per heavy atom. The van der Waals surface area contributed by atoms with Crippen LogP contribution in [0.15, 0.2) is 72.9 Å². The maximum Gasteiger partial charge on any atom is 0.262 e. The number of aliphatic hydroxyl groups is 1. The third kappa shape index (κ3) is 6.27. The molecule has 7 rings (SSSR count). The van der Waals surface area contributed by atoms with Gasteiger partial charge in [-0.2, -0.15) is 0 Å². The number of carbonyl (C=O) groups is 1. The van der Waals surface area contributed by atoms with E-state index in [1.807, 2.05) is 62.4 Å². The molecule has 1 amide bonds. The first-order valence-corrected chi connectivity index (χ1v) is 19.4. The van der Waals surface area contributed by atoms with Crippen LogP contribution in [0.4, 0.5) is 5.69 Å². The normalized spacial score (nSPS) is 34.1. The number of hydrogen-bond acceptors (Lipinski definition) is 6. The van der Waals surface area contributed by atoms with Crippen LogP contribution in [0.25, 0.3) is 0 Å². The van der Waals surface area contributed by atoms with Gasteiger partial charge in [0.15, 0.2) is 0 Å². The molecule has 2 N–H and O–H groups in total. The zero-order valence-electron chi connectivity index (χ0n) is 27.9. The monoisotopic (exact) mass is 687 g/mol. The zero-order chi connectivity index (χ0) is 33.7. The fourth-order valence-electron chi connectivity index (χ4n) is 8.45. The molecule has 254 valence electrons. The topological polar surface area (TPSA) is 91.8 Å². The molecule has 3 aromatic rings. The number of nitrogens with one attached hydrogen (secondary N) is 1. The summed E-state index contributed by atoms with van der Waals surface area (Å²) in [6.45, 7) is 5.82. The molecular formula is C39H46ClN3O4S. The number of benzene rings is 2. The average molecular weight is 688 g/mol. The first-order valence-electron chi connectivity index (χ1n) is 17.3. The largest absolute Gasteiger partial charge is 0.490 e. The molecule has 2 aliphatic heterocycles. The van der Waals surface area contributed by atoms with Gasteiger partial charge in [0.25, 0.3) is 5.91 Å². The van der Waals surface area contributed by atoms with E-state index in [2.05, 4.69) is 32.6 Å². The molecule has 9 heteroatoms. The Balaban J connectivity index is 1.32. The summed E-state index contributed by atoms with van der Waals surface area (Å²) >= 11 is 6.46. The Bertz CT molecular complexity index is 1830. The van der Waals surface area contributed by atoms with Crippen molar-refractivity contribution in [2.75, 3.05) is 24.6 Å². The standard InChI is InChI=1S/C39H46ClN3O4S/c1-26-8-6-18-39(45,22-32-10-4-5-19-41-32)34-14-11-30(34)23-43-24-38(17-7-9-28-20-31(40)13-15-33(28)38)25-47-36-16-12-29(21-35(36)43)37(44)42-48(3,46)27(26)2/h4-6,10,12-13,15-16,18-21,26-27,30,34,45H,3,7-9,11,14,17,22-25H2,1-2H3,(H,42,44,46)/b18-6+/t26-,27+,30-,34+,38-,39-,48?/m0/s1. The molecule has 1 spiro atoms. The van der Waals surface area contributed by atoms with E-state index in [0.29, 0.717) is 38.1 Å². The summed E-state index contributed by atoms with van der Waals surface area (Å²) in [6.07, 6.45) is 11.7. The van der Waals surface area contributed by atoms with E-state index in [1.165, 1.54) is 11.1 Å². The molecule has 7 atom stereocenters. The first-order chi connectivity index (χ1) is 23.0. The number of amides is 1. The second kappa shape index (κ2) is 12.8. The van der Waals surface area contributed by atoms with Crippen molar-refractivity contribution in [2.24, 2.45) is 17.8 Å². The van der Waals surface area contributed by atoms with E-state index in [1.54, 1.807) is 12.3 Å². The predicted octanol–water partition coefficient (Wildman–Crippen LogP) is 6.55. The lowest BCUT2D eigenvalue weighted by Crippen LogP contribution is -2.53. The van der Waals surface area contributed by atoms with Crippen molar-refractivity contribution in [1.29, 1.82) is 0 Å². The summed E-state index contributed by atoms with van der Waals surface area (Å²) in [5.41, 5.74) is 3.30. The summed E-state index contributed by atoms with van der Waals surface area (Å²) in [5.74, 6) is 4.50. The van der Waals surface area contributed by atoms with Crippen molar-refractivity contribution < 1.29 is 18.8 Å². The summed E-state index contributed by atoms with van der Waals surface area (Å²) in [4.78, 5) is 20.6. The smallest absolute Gasteiger partial charge is 0.262 e. The van der Waals surface area contributed by atoms with E-state index in [0.717, 1.165) is 54.3 Å². The van der Waals surface area contributed by atoms with Gasteiger partial charge in [-0.3, -0.25) is 14.5 Å². The van der Waals surface area contributed by atoms with E-state index in [9.17, 15) is 14.1 Å². The van der Waals surface area contributed by atoms with E-state index in [4.69, 9.17) is 16.3 Å². The Kier molecular flexibility index (Phi) is 8.88. The number of aryl methyl sites for hydroxylation is 1. The van der Waals surface area contributed by atoms with Gasteiger partial charge in [-0.1, -0.05) is 42.8 Å². The SMILES string of the molecule is C=S1(=O)NC(=O)c2ccc3c(c2)N(C[C@@H]2CC[C@H]2[C@@](O)(Cc2ccccn2)/C=C/C[C@H](C)[C@H]1C)C[C@@]1(CCCc2cc(Cl)ccc21)CO3. The van der Waals surface area contributed by atoms with Crippen molar-refractivity contribution in [2.45, 2.75) is 75.1 Å². The van der Waals surface area contributed by atoms with Gasteiger partial charge >= 0.3 is 0 Å². The minimum absolute atomic E-state index is 0.0148. The molecule has 48 heavy (non-hydrogen) atoms. The van der Waals surface area contributed by atoms with Crippen LogP contribution in [-0.2, 0) is 28.0 Å². The van der Waals surface area contributed by atoms with Crippen molar-refractivity contribution in [1.82, 2.24) is 9.71 Å². The predicted molar refractivity (Wildman–Crippen MR) is 194 cm³/mol. The highest BCUT2D eigenvalue weighted by atomic mass is 35.5. The number of carbonyl (C=O) groups excluding carboxylic acids is 1. The quantitative estimate of drug-likeness (QED) is 0.235. The molecule has 2 aliphatic carbocycles. The van der Waals surface area contributed by atoms with Gasteiger partial charge in [0.2, 0.25) is 0 Å². The second-order valence-electron chi connectivity index (χ2n) is 14.7. The molecule has 7 nitrogen and oxygen atoms in total. The minimum Gasteiger partial charge on any atom is -0.490 e. The molecule has 4 aliphatic rings. The number of halogens is 1. The number of allylic oxidation sites excluding steroid dienone is 1. The average Bonchev–Trinajstić information content (AvgIpc) is 3.19. The number of fused-ring (bicyclic) bond motifs is 4. The van der Waals surface area contributed by atoms with Gasteiger partial charge in [-0.05, 0) is 123 Å². The van der Waals surface area contributed by atoms with Crippen molar-refractivity contribution in [3.05, 3.63) is 100 Å². The molecule has 2 aromatic carbocycles. The molecular weight excluding hydrogens is 642 g/mol. The lowest BCUT2D eigenvalue weighted by Gasteiger charge is -2.49. The van der Waals surface area contributed by atoms with Crippen LogP contribution in [0.3, 0.4) is 0 Å². The summed E-state index contributed by atoms with van der Waals surface area (Å²) < 4.78 is 23.3. The van der Waals surface area contributed by atoms with Gasteiger partial charge in [0, 0.05) is 52.7 Å². The fourth-order valence-corrected chi connectivity index (χ4v) is 10.1. The lowest BCUT2D eigenvalue weighted by atomic mass is 9.62. The maximum absolute atomic E-state index is 13.9. The summed E-state index contributed by atoms with van der Waals surface area (Å²) in [5, 5.41) is 12.9. The molecule has 1 saturated carbocycles. The summed E-state index contributed by atoms with van der Waals surface area (Å²) in [7, 11) is -2.98. The summed E-state index contributed by atoms with van der Waals surface area (Å²) in [6, 6.07) is 17.6. The molecule has 1 aromatic heterocycles. The van der Waals surface area contributed by atoms with Crippen molar-refractivity contribution >= 4 is 38.8 Å². The van der Waals surface area contributed by atoms with Crippen LogP contribution < -0.4 is 14.4 Å². The van der Waals surface area contributed by atoms with Crippen LogP contribution in [0, 0.1) is 17.8 Å². The van der Waals surface area contributed by atoms with Crippen LogP contribution in [0.1, 0.15) is 73.1 Å². The Morgan fingerprint density at radius 2 is 2.02 bits per heavy atom. The van der Waals surface area contributed by atoms with Crippen LogP contribution in [-0.4, -0.2) is 56.6 Å². The number of nitrogens with zero attached hydrogens (tertiary/aromatic N) is 2. The number of aromatic nitrogens is 1. The first kappa shape index (κ1) is 33.2. The highest BCUT2D eigenvalue weighted by Crippen LogP contribution is 2.49. The Hall–Kier alpha value is -3.33. The maximum atomic E-state index is 13.9. The highest BCUT2D eigenvalue weighted by molar-refractivity contribution is 7.99. The van der Waals surface area contributed by atoms with Crippen molar-refractivity contribution in [3.8, 4) is 5.75 Å². The van der Waals surface area contributed by atoms with Crippen LogP contribution in [0.2, 0.25) is 5.02 Å². The van der Waals surface area contributed by atoms with Crippen molar-refractivity contribution in [3.63, 3.8) is 0 Å². The molecule has 2 bridgehead atoms. The zero-order valence-corrected chi connectivity index (χ0v) is 29.4. The Morgan fingerprint density at radius 1 is 1.17 bits per heavy atom. The number of rotatable bonds is 2. The van der Waals surface area contributed by atoms with Gasteiger partial charge < -0.3 is 14.7 Å². The highest BCUT2D eigenvalue weighted by Gasteiger charge is 2.48. The number of ether oxygens (including phenoxy) is 1. The number of pyridine rings is 1. The van der Waals surface area contributed by atoms with Crippen LogP contribution in [0.5, 0.6) is 5.75 Å². The minimum atomic E-state index is -2.98. The number of hydrogen-bond donors (Lipinski definition) is 2.